The number of aryl methyl sites for hydroxylation is 4. The molecule has 8 heterocycles. The van der Waals surface area contributed by atoms with Crippen LogP contribution in [0.1, 0.15) is 126 Å². The van der Waals surface area contributed by atoms with Gasteiger partial charge < -0.3 is 31.3 Å². The Labute approximate surface area is 652 Å². The molecule has 2 aliphatic heterocycles. The van der Waals surface area contributed by atoms with Crippen molar-refractivity contribution in [3.05, 3.63) is 88.9 Å². The van der Waals surface area contributed by atoms with E-state index in [0.29, 0.717) is 23.8 Å². The average Bonchev–Trinajstić information content (AvgIpc) is 1.69. The molecule has 39 heteroatoms. The number of sulfonamides is 2. The van der Waals surface area contributed by atoms with Crippen molar-refractivity contribution in [1.29, 1.82) is 0 Å². The van der Waals surface area contributed by atoms with E-state index in [9.17, 15) is 52.8 Å². The fraction of sp³-hybridized carbons (Fsp3) is 0.545. The molecule has 4 fully saturated rings. The van der Waals surface area contributed by atoms with Gasteiger partial charge in [0.2, 0.25) is 11.8 Å². The molecule has 6 aromatic rings. The van der Waals surface area contributed by atoms with E-state index in [4.69, 9.17) is 36.1 Å². The number of halogens is 8. The third-order valence-corrected chi connectivity index (χ3v) is 18.6. The van der Waals surface area contributed by atoms with Crippen LogP contribution in [0.5, 0.6) is 11.8 Å². The van der Waals surface area contributed by atoms with Crippen LogP contribution in [0.4, 0.5) is 32.2 Å². The number of nitrogens with one attached hydrogen (secondary N) is 3. The zero-order valence-corrected chi connectivity index (χ0v) is 65.2. The van der Waals surface area contributed by atoms with E-state index in [0.717, 1.165) is 12.3 Å². The number of hydrogen-bond acceptors (Lipinski definition) is 19. The fourth-order valence-corrected chi connectivity index (χ4v) is 13.2. The molecule has 10 rings (SSSR count). The van der Waals surface area contributed by atoms with Crippen LogP contribution >= 0.6 is 51.0 Å². The van der Waals surface area contributed by atoms with Gasteiger partial charge in [0.05, 0.1) is 46.6 Å². The van der Waals surface area contributed by atoms with Crippen LogP contribution in [-0.4, -0.2) is 134 Å². The van der Waals surface area contributed by atoms with Gasteiger partial charge in [-0.2, -0.15) is 63.5 Å². The van der Waals surface area contributed by atoms with Gasteiger partial charge in [-0.3, -0.25) is 23.7 Å². The number of aromatic nitrogens is 10. The van der Waals surface area contributed by atoms with Crippen molar-refractivity contribution < 1.29 is 181 Å². The predicted octanol–water partition coefficient (Wildman–Crippen LogP) is 1.95. The summed E-state index contributed by atoms with van der Waals surface area (Å²) in [5, 5.41) is 28.0. The molecule has 514 valence electrons. The number of hydrogen-bond donors (Lipinski definition) is 3. The maximum Gasteiger partial charge on any atom is 1.00 e. The molecule has 0 spiro atoms. The minimum atomic E-state index is -4.25. The van der Waals surface area contributed by atoms with Gasteiger partial charge in [0.15, 0.2) is 11.6 Å². The van der Waals surface area contributed by atoms with Gasteiger partial charge >= 0.3 is 115 Å². The molecule has 94 heavy (non-hydrogen) atoms. The van der Waals surface area contributed by atoms with E-state index in [1.165, 1.54) is 101 Å². The van der Waals surface area contributed by atoms with Gasteiger partial charge in [-0.05, 0) is 136 Å². The zero-order chi connectivity index (χ0) is 65.9. The summed E-state index contributed by atoms with van der Waals surface area (Å²) in [6.07, 6.45) is -0.628. The summed E-state index contributed by atoms with van der Waals surface area (Å²) in [7, 11) is -5.27. The minimum Gasteiger partial charge on any atom is -1.00 e. The summed E-state index contributed by atoms with van der Waals surface area (Å²) < 4.78 is 150. The van der Waals surface area contributed by atoms with E-state index in [-0.39, 0.29) is 268 Å². The number of rotatable bonds is 18. The van der Waals surface area contributed by atoms with Crippen LogP contribution in [0.15, 0.2) is 71.0 Å². The van der Waals surface area contributed by atoms with Crippen LogP contribution in [0, 0.1) is 36.5 Å². The molecule has 6 aromatic heterocycles. The molecule has 4 aliphatic rings. The summed E-state index contributed by atoms with van der Waals surface area (Å²) >= 11 is 6.11. The molecule has 0 bridgehead atoms. The van der Waals surface area contributed by atoms with Crippen LogP contribution in [-0.2, 0) is 43.8 Å². The standard InChI is InChI=1S/C27H34F3N7O4S.C20H20ClF3N6O4S.C7H15N.CH2O3.ClH.2K.2H2S.H/c1-17-14-25(3,4)36(15-17)23-19(24(38)34-42(39,40)20-16-35(5)32-18(20)2)6-7-21(31-23)37-12-8-22(33-37)41-13-11-26(9-10-26)27(28,29)30;1-12-14(11-29(2)26-12)35(32,33)28-18(31)13-3-4-15(25-17(13)21)30-9-5-16(27-30)34-10-8-19(6-7-19)20(22,23)24;1-6-4-7(2,3)8-5-6;2-1-4-3;;;;;;/h6-8,12,16-17H,9-11,13-15H2,1-5H3,(H,34,38);3-5,9,11H,6-8,10H2,1-2H3,(H,28,31);6,8H,4-5H2,1-3H3;1,3H;1H;;;2*1H2;/q;;;;;2*+1;;;-1/p-1/t17-;;6-;;;;;;;/m0.0......./s1. The van der Waals surface area contributed by atoms with Gasteiger partial charge in [-0.15, -0.1) is 22.6 Å². The molecule has 0 radical (unpaired) electrons. The summed E-state index contributed by atoms with van der Waals surface area (Å²) in [4.78, 5) is 47.7. The second-order valence-corrected chi connectivity index (χ2v) is 27.5. The number of ether oxygens (including phenoxy) is 2. The van der Waals surface area contributed by atoms with Gasteiger partial charge in [-0.1, -0.05) is 25.4 Å². The van der Waals surface area contributed by atoms with Gasteiger partial charge in [0.25, 0.3) is 38.3 Å². The Bertz CT molecular complexity index is 3790. The Kier molecular flexibility index (Phi) is 32.2. The predicted molar refractivity (Wildman–Crippen MR) is 336 cm³/mol. The molecule has 2 saturated carbocycles. The zero-order valence-electron chi connectivity index (χ0n) is 54.8. The Morgan fingerprint density at radius 1 is 0.713 bits per heavy atom. The van der Waals surface area contributed by atoms with E-state index < -0.39 is 55.0 Å². The Hall–Kier alpha value is -3.10. The molecule has 0 aromatic carbocycles. The van der Waals surface area contributed by atoms with E-state index in [1.54, 1.807) is 20.3 Å². The monoisotopic (exact) mass is 1500 g/mol. The van der Waals surface area contributed by atoms with Crippen LogP contribution in [0.25, 0.3) is 11.6 Å². The summed E-state index contributed by atoms with van der Waals surface area (Å²) in [5.41, 5.74) is -2.94. The number of amides is 2. The van der Waals surface area contributed by atoms with Crippen molar-refractivity contribution in [2.24, 2.45) is 36.8 Å². The SMILES string of the molecule is C[C@@H]1CNC(C)(C)C1.Cc1nn(C)cc1S(=O)(=O)NC(=O)c1ccc(-n2ccc(OCCC3(C(F)(F)F)CC3)n2)nc1Cl.Cc1nn(C)cc1S(=O)(=O)NC(=O)c1ccc(-n2ccc(OCCC3(C(F)(F)F)CC3)n2)nc1N1C[C@@H](C)CC1(C)C.Cl.O=CO[O-].S.S.[H-].[K+].[K+]. The van der Waals surface area contributed by atoms with Gasteiger partial charge in [0.1, 0.15) is 20.8 Å². The number of alkyl halides is 6. The quantitative estimate of drug-likeness (QED) is 0.0277. The van der Waals surface area contributed by atoms with Crippen molar-refractivity contribution in [2.45, 2.75) is 140 Å². The number of pyridine rings is 2. The molecule has 0 unspecified atom stereocenters. The van der Waals surface area contributed by atoms with Crippen LogP contribution in [0.2, 0.25) is 5.15 Å². The van der Waals surface area contributed by atoms with Crippen molar-refractivity contribution in [3.63, 3.8) is 0 Å². The number of nitrogens with zero attached hydrogens (tertiary/aromatic N) is 11. The van der Waals surface area contributed by atoms with Crippen LogP contribution in [0.3, 0.4) is 0 Å². The Morgan fingerprint density at radius 2 is 1.13 bits per heavy atom. The van der Waals surface area contributed by atoms with Crippen molar-refractivity contribution in [2.75, 3.05) is 31.2 Å². The fourth-order valence-electron chi connectivity index (χ4n) is 10.6. The maximum absolute atomic E-state index is 13.4. The summed E-state index contributed by atoms with van der Waals surface area (Å²) in [6, 6.07) is 8.63. The Balaban J connectivity index is 0.000000772. The van der Waals surface area contributed by atoms with E-state index in [2.05, 4.69) is 68.0 Å². The van der Waals surface area contributed by atoms with Crippen LogP contribution < -0.4 is 137 Å². The van der Waals surface area contributed by atoms with Gasteiger partial charge in [0, 0.05) is 68.6 Å². The van der Waals surface area contributed by atoms with Crippen molar-refractivity contribution in [1.82, 2.24) is 63.9 Å². The van der Waals surface area contributed by atoms with E-state index >= 15 is 0 Å². The largest absolute Gasteiger partial charge is 1.00 e. The van der Waals surface area contributed by atoms with Gasteiger partial charge in [-0.25, -0.2) is 45.6 Å². The first-order valence-electron chi connectivity index (χ1n) is 27.9. The molecule has 25 nitrogen and oxygen atoms in total. The first kappa shape index (κ1) is 87.0. The average molecular weight is 1500 g/mol. The molecule has 2 saturated heterocycles. The maximum atomic E-state index is 13.4. The first-order chi connectivity index (χ1) is 41.3. The minimum absolute atomic E-state index is 0. The smallest absolute Gasteiger partial charge is 1.00 e. The van der Waals surface area contributed by atoms with E-state index in [1.807, 2.05) is 23.5 Å². The Morgan fingerprint density at radius 3 is 1.45 bits per heavy atom. The molecule has 2 amide bonds. The molecule has 2 aliphatic carbocycles. The van der Waals surface area contributed by atoms with Crippen molar-refractivity contribution in [3.8, 4) is 23.4 Å². The third kappa shape index (κ3) is 22.2. The summed E-state index contributed by atoms with van der Waals surface area (Å²) in [5.74, 6) is 0.381. The number of carbonyl (C=O) groups is 3. The normalized spacial score (nSPS) is 17.7. The molecular weight excluding hydrogens is 1420 g/mol. The number of carbonyl (C=O) groups excluding carboxylic acids is 3. The molecule has 3 N–H and O–H groups in total. The number of anilines is 1. The second-order valence-electron chi connectivity index (χ2n) is 23.9. The second kappa shape index (κ2) is 34.8. The van der Waals surface area contributed by atoms with Crippen molar-refractivity contribution >= 4 is 95.2 Å². The topological polar surface area (TPSA) is 307 Å². The summed E-state index contributed by atoms with van der Waals surface area (Å²) in [6.45, 7) is 17.3. The molecule has 2 atom stereocenters. The third-order valence-electron chi connectivity index (χ3n) is 15.5. The first-order valence-corrected chi connectivity index (χ1v) is 31.3. The molecular formula is C55H76Cl2F6K2N14O11S4.